The van der Waals surface area contributed by atoms with Gasteiger partial charge in [-0.2, -0.15) is 0 Å². The molecule has 0 radical (unpaired) electrons. The van der Waals surface area contributed by atoms with Crippen LogP contribution in [0.25, 0.3) is 5.76 Å². The molecule has 1 fully saturated rings. The number of aliphatic hydroxyl groups excluding tert-OH is 1. The summed E-state index contributed by atoms with van der Waals surface area (Å²) >= 11 is 0. The van der Waals surface area contributed by atoms with Crippen molar-refractivity contribution in [2.75, 3.05) is 35.0 Å². The molecule has 1 saturated heterocycles. The van der Waals surface area contributed by atoms with E-state index in [1.165, 1.54) is 45.5 Å². The van der Waals surface area contributed by atoms with Crippen LogP contribution in [0.3, 0.4) is 0 Å². The summed E-state index contributed by atoms with van der Waals surface area (Å²) in [5.74, 6) is -0.715. The van der Waals surface area contributed by atoms with Gasteiger partial charge in [-0.15, -0.1) is 0 Å². The first-order chi connectivity index (χ1) is 18.3. The topological polar surface area (TPSA) is 94.5 Å². The van der Waals surface area contributed by atoms with E-state index in [9.17, 15) is 19.1 Å². The number of ether oxygens (including phenoxy) is 4. The maximum atomic E-state index is 13.4. The number of nitrogens with zero attached hydrogens (tertiary/aromatic N) is 1. The van der Waals surface area contributed by atoms with Gasteiger partial charge in [0.25, 0.3) is 11.7 Å². The Morgan fingerprint density at radius 3 is 2.16 bits per heavy atom. The van der Waals surface area contributed by atoms with Crippen molar-refractivity contribution < 1.29 is 38.0 Å². The van der Waals surface area contributed by atoms with Crippen molar-refractivity contribution in [2.24, 2.45) is 0 Å². The van der Waals surface area contributed by atoms with Gasteiger partial charge >= 0.3 is 0 Å². The molecule has 38 heavy (non-hydrogen) atoms. The molecule has 0 aromatic heterocycles. The number of likely N-dealkylation sites (tertiary alicyclic amines) is 1. The Morgan fingerprint density at radius 1 is 0.842 bits per heavy atom. The van der Waals surface area contributed by atoms with Gasteiger partial charge in [-0.05, 0) is 53.9 Å². The van der Waals surface area contributed by atoms with Crippen LogP contribution in [0.2, 0.25) is 0 Å². The molecular weight excluding hydrogens is 493 g/mol. The van der Waals surface area contributed by atoms with E-state index < -0.39 is 17.7 Å². The zero-order chi connectivity index (χ0) is 27.4. The van der Waals surface area contributed by atoms with Gasteiger partial charge in [-0.3, -0.25) is 9.59 Å². The van der Waals surface area contributed by atoms with E-state index in [1.54, 1.807) is 48.5 Å². The fourth-order valence-electron chi connectivity index (χ4n) is 4.52. The second-order valence-corrected chi connectivity index (χ2v) is 8.55. The van der Waals surface area contributed by atoms with Gasteiger partial charge in [0.2, 0.25) is 0 Å². The monoisotopic (exact) mass is 521 g/mol. The number of carbonyl (C=O) groups is 2. The van der Waals surface area contributed by atoms with E-state index in [-0.39, 0.29) is 35.0 Å². The van der Waals surface area contributed by atoms with Crippen molar-refractivity contribution in [3.63, 3.8) is 0 Å². The third kappa shape index (κ3) is 5.00. The summed E-state index contributed by atoms with van der Waals surface area (Å²) < 4.78 is 34.8. The summed E-state index contributed by atoms with van der Waals surface area (Å²) in [5, 5.41) is 11.4. The lowest BCUT2D eigenvalue weighted by atomic mass is 9.94. The molecule has 1 aliphatic rings. The number of rotatable bonds is 9. The number of ketones is 1. The highest BCUT2D eigenvalue weighted by molar-refractivity contribution is 6.46. The highest BCUT2D eigenvalue weighted by atomic mass is 19.1. The second-order valence-electron chi connectivity index (χ2n) is 8.55. The third-order valence-corrected chi connectivity index (χ3v) is 6.48. The van der Waals surface area contributed by atoms with E-state index in [0.717, 1.165) is 5.56 Å². The minimum Gasteiger partial charge on any atom is -0.507 e. The zero-order valence-electron chi connectivity index (χ0n) is 21.5. The molecule has 1 atom stereocenters. The molecule has 0 spiro atoms. The Labute approximate surface area is 219 Å². The lowest BCUT2D eigenvalue weighted by Crippen LogP contribution is -2.31. The predicted molar refractivity (Wildman–Crippen MR) is 138 cm³/mol. The van der Waals surface area contributed by atoms with Crippen LogP contribution in [-0.4, -0.2) is 56.7 Å². The number of aliphatic hydroxyl groups is 1. The molecule has 0 aliphatic carbocycles. The number of hydrogen-bond donors (Lipinski definition) is 1. The van der Waals surface area contributed by atoms with E-state index in [0.29, 0.717) is 29.2 Å². The van der Waals surface area contributed by atoms with Gasteiger partial charge in [0, 0.05) is 12.6 Å². The zero-order valence-corrected chi connectivity index (χ0v) is 21.5. The minimum absolute atomic E-state index is 0.0928. The number of hydrogen-bond acceptors (Lipinski definition) is 7. The summed E-state index contributed by atoms with van der Waals surface area (Å²) in [5.41, 5.74) is 1.46. The van der Waals surface area contributed by atoms with Gasteiger partial charge in [0.15, 0.2) is 11.5 Å². The standard InChI is InChI=1S/C29H28FNO7/c1-35-20-10-11-21(23(16-20)37-3)27(32)25-26(18-7-12-22(36-2)24(15-18)38-4)31(29(34)28(25)33)14-13-17-5-8-19(30)9-6-17/h5-12,15-16,26,32H,13-14H2,1-4H3/b27-25+. The molecule has 3 aromatic rings. The van der Waals surface area contributed by atoms with Crippen LogP contribution in [0.4, 0.5) is 4.39 Å². The molecule has 0 bridgehead atoms. The summed E-state index contributed by atoms with van der Waals surface area (Å²) in [6.07, 6.45) is 0.364. The van der Waals surface area contributed by atoms with Crippen LogP contribution in [-0.2, 0) is 16.0 Å². The first kappa shape index (κ1) is 26.5. The molecule has 1 N–H and O–H groups in total. The van der Waals surface area contributed by atoms with Crippen LogP contribution in [0, 0.1) is 5.82 Å². The molecule has 1 amide bonds. The van der Waals surface area contributed by atoms with Crippen molar-refractivity contribution in [3.05, 3.63) is 88.7 Å². The first-order valence-corrected chi connectivity index (χ1v) is 11.8. The third-order valence-electron chi connectivity index (χ3n) is 6.48. The maximum Gasteiger partial charge on any atom is 0.295 e. The highest BCUT2D eigenvalue weighted by Crippen LogP contribution is 2.43. The molecular formula is C29H28FNO7. The summed E-state index contributed by atoms with van der Waals surface area (Å²) in [6.45, 7) is 0.145. The number of carbonyl (C=O) groups excluding carboxylic acids is 2. The number of benzene rings is 3. The molecule has 0 saturated carbocycles. The van der Waals surface area contributed by atoms with Crippen molar-refractivity contribution in [1.82, 2.24) is 4.90 Å². The Hall–Kier alpha value is -4.53. The van der Waals surface area contributed by atoms with Crippen molar-refractivity contribution in [3.8, 4) is 23.0 Å². The van der Waals surface area contributed by atoms with E-state index in [2.05, 4.69) is 0 Å². The van der Waals surface area contributed by atoms with Gasteiger partial charge < -0.3 is 29.0 Å². The van der Waals surface area contributed by atoms with E-state index in [4.69, 9.17) is 18.9 Å². The summed E-state index contributed by atoms with van der Waals surface area (Å²) in [7, 11) is 5.91. The normalized spacial score (nSPS) is 16.4. The molecule has 1 unspecified atom stereocenters. The van der Waals surface area contributed by atoms with Crippen LogP contribution < -0.4 is 18.9 Å². The van der Waals surface area contributed by atoms with Crippen molar-refractivity contribution >= 4 is 17.4 Å². The molecule has 8 nitrogen and oxygen atoms in total. The molecule has 1 heterocycles. The van der Waals surface area contributed by atoms with E-state index >= 15 is 0 Å². The van der Waals surface area contributed by atoms with Crippen LogP contribution in [0.15, 0.2) is 66.2 Å². The van der Waals surface area contributed by atoms with Crippen LogP contribution in [0.5, 0.6) is 23.0 Å². The van der Waals surface area contributed by atoms with Gasteiger partial charge in [-0.25, -0.2) is 4.39 Å². The van der Waals surface area contributed by atoms with Gasteiger partial charge in [0.1, 0.15) is 23.1 Å². The Bertz CT molecular complexity index is 1380. The number of halogens is 1. The Kier molecular flexibility index (Phi) is 7.85. The fraction of sp³-hybridized carbons (Fsp3) is 0.241. The molecule has 4 rings (SSSR count). The van der Waals surface area contributed by atoms with Crippen molar-refractivity contribution in [1.29, 1.82) is 0 Å². The first-order valence-electron chi connectivity index (χ1n) is 11.8. The maximum absolute atomic E-state index is 13.4. The average molecular weight is 522 g/mol. The number of methoxy groups -OCH3 is 4. The SMILES string of the molecule is COc1ccc(/C(O)=C2\C(=O)C(=O)N(CCc3ccc(F)cc3)C2c2ccc(OC)c(OC)c2)c(OC)c1. The molecule has 1 aliphatic heterocycles. The van der Waals surface area contributed by atoms with Crippen LogP contribution >= 0.6 is 0 Å². The summed E-state index contributed by atoms with van der Waals surface area (Å²) in [6, 6.07) is 14.8. The average Bonchev–Trinajstić information content (AvgIpc) is 3.20. The quantitative estimate of drug-likeness (QED) is 0.251. The summed E-state index contributed by atoms with van der Waals surface area (Å²) in [4.78, 5) is 28.1. The number of amides is 1. The smallest absolute Gasteiger partial charge is 0.295 e. The molecule has 9 heteroatoms. The van der Waals surface area contributed by atoms with Gasteiger partial charge in [-0.1, -0.05) is 18.2 Å². The number of Topliss-reactive ketones (excluding diaryl/α,β-unsaturated/α-hetero) is 1. The van der Waals surface area contributed by atoms with Crippen LogP contribution in [0.1, 0.15) is 22.7 Å². The predicted octanol–water partition coefficient (Wildman–Crippen LogP) is 4.52. The van der Waals surface area contributed by atoms with Crippen molar-refractivity contribution in [2.45, 2.75) is 12.5 Å². The Balaban J connectivity index is 1.85. The highest BCUT2D eigenvalue weighted by Gasteiger charge is 2.46. The Morgan fingerprint density at radius 2 is 1.53 bits per heavy atom. The largest absolute Gasteiger partial charge is 0.507 e. The van der Waals surface area contributed by atoms with E-state index in [1.807, 2.05) is 0 Å². The lowest BCUT2D eigenvalue weighted by Gasteiger charge is -2.26. The minimum atomic E-state index is -0.929. The second kappa shape index (κ2) is 11.2. The van der Waals surface area contributed by atoms with Gasteiger partial charge in [0.05, 0.1) is 45.6 Å². The molecule has 3 aromatic carbocycles. The lowest BCUT2D eigenvalue weighted by molar-refractivity contribution is -0.139. The fourth-order valence-corrected chi connectivity index (χ4v) is 4.52. The molecule has 198 valence electrons.